The molecule has 0 unspecified atom stereocenters. The van der Waals surface area contributed by atoms with Crippen molar-refractivity contribution >= 4 is 21.4 Å². The highest BCUT2D eigenvalue weighted by Gasteiger charge is 2.24. The first-order valence-corrected chi connectivity index (χ1v) is 7.96. The summed E-state index contributed by atoms with van der Waals surface area (Å²) in [4.78, 5) is 0.386. The highest BCUT2D eigenvalue weighted by Crippen LogP contribution is 2.35. The summed E-state index contributed by atoms with van der Waals surface area (Å²) in [5.41, 5.74) is 0.804. The molecule has 1 saturated heterocycles. The second-order valence-electron chi connectivity index (χ2n) is 4.45. The van der Waals surface area contributed by atoms with Gasteiger partial charge in [0.25, 0.3) is 0 Å². The zero-order chi connectivity index (χ0) is 12.5. The number of hydrogen-bond donors (Lipinski definition) is 1. The maximum absolute atomic E-state index is 11.8. The summed E-state index contributed by atoms with van der Waals surface area (Å²) < 4.78 is 23.5. The summed E-state index contributed by atoms with van der Waals surface area (Å²) in [6.07, 6.45) is 3.11. The first-order chi connectivity index (χ1) is 8.00. The van der Waals surface area contributed by atoms with Gasteiger partial charge in [-0.05, 0) is 49.5 Å². The van der Waals surface area contributed by atoms with Gasteiger partial charge in [-0.3, -0.25) is 0 Å². The molecule has 94 valence electrons. The molecule has 5 heteroatoms. The average Bonchev–Trinajstić information content (AvgIpc) is 2.28. The average molecular weight is 274 g/mol. The van der Waals surface area contributed by atoms with E-state index in [0.717, 1.165) is 31.5 Å². The Bertz CT molecular complexity index is 507. The number of benzene rings is 1. The fraction of sp³-hybridized carbons (Fsp3) is 0.500. The Balaban J connectivity index is 2.50. The Labute approximate surface area is 107 Å². The highest BCUT2D eigenvalue weighted by atomic mass is 35.5. The van der Waals surface area contributed by atoms with Crippen molar-refractivity contribution < 1.29 is 8.42 Å². The first kappa shape index (κ1) is 12.9. The van der Waals surface area contributed by atoms with Crippen LogP contribution in [-0.4, -0.2) is 27.8 Å². The van der Waals surface area contributed by atoms with Crippen LogP contribution >= 0.6 is 11.6 Å². The molecule has 0 aromatic heterocycles. The third-order valence-corrected chi connectivity index (χ3v) is 4.64. The largest absolute Gasteiger partial charge is 0.317 e. The van der Waals surface area contributed by atoms with Gasteiger partial charge in [-0.25, -0.2) is 8.42 Å². The smallest absolute Gasteiger partial charge is 0.175 e. The van der Waals surface area contributed by atoms with Crippen LogP contribution in [0.4, 0.5) is 0 Å². The number of piperidine rings is 1. The van der Waals surface area contributed by atoms with E-state index in [2.05, 4.69) is 5.32 Å². The second kappa shape index (κ2) is 4.96. The lowest BCUT2D eigenvalue weighted by Gasteiger charge is -2.25. The fourth-order valence-corrected chi connectivity index (χ4v) is 3.73. The van der Waals surface area contributed by atoms with Crippen molar-refractivity contribution in [3.63, 3.8) is 0 Å². The van der Waals surface area contributed by atoms with E-state index in [1.54, 1.807) is 18.2 Å². The third-order valence-electron chi connectivity index (χ3n) is 3.16. The molecule has 0 saturated carbocycles. The van der Waals surface area contributed by atoms with Gasteiger partial charge >= 0.3 is 0 Å². The van der Waals surface area contributed by atoms with Crippen LogP contribution in [0.3, 0.4) is 0 Å². The van der Waals surface area contributed by atoms with E-state index in [1.165, 1.54) is 6.26 Å². The predicted octanol–water partition coefficient (Wildman–Crippen LogP) is 2.21. The fourth-order valence-electron chi connectivity index (χ4n) is 2.35. The van der Waals surface area contributed by atoms with Gasteiger partial charge in [0.1, 0.15) is 0 Å². The molecule has 0 spiro atoms. The molecule has 0 atom stereocenters. The first-order valence-electron chi connectivity index (χ1n) is 5.69. The van der Waals surface area contributed by atoms with Crippen molar-refractivity contribution in [2.24, 2.45) is 0 Å². The summed E-state index contributed by atoms with van der Waals surface area (Å²) in [5, 5.41) is 3.84. The monoisotopic (exact) mass is 273 g/mol. The SMILES string of the molecule is CS(=O)(=O)c1cccc(Cl)c1C1CCNCC1. The predicted molar refractivity (Wildman–Crippen MR) is 69.4 cm³/mol. The minimum absolute atomic E-state index is 0.245. The molecule has 1 aromatic rings. The second-order valence-corrected chi connectivity index (χ2v) is 6.84. The van der Waals surface area contributed by atoms with E-state index in [-0.39, 0.29) is 5.92 Å². The molecule has 1 aliphatic rings. The lowest BCUT2D eigenvalue weighted by molar-refractivity contribution is 0.455. The number of hydrogen-bond acceptors (Lipinski definition) is 3. The van der Waals surface area contributed by atoms with E-state index in [9.17, 15) is 8.42 Å². The van der Waals surface area contributed by atoms with Gasteiger partial charge in [-0.15, -0.1) is 0 Å². The zero-order valence-corrected chi connectivity index (χ0v) is 11.3. The Morgan fingerprint density at radius 1 is 1.29 bits per heavy atom. The van der Waals surface area contributed by atoms with Crippen LogP contribution in [0.5, 0.6) is 0 Å². The highest BCUT2D eigenvalue weighted by molar-refractivity contribution is 7.90. The molecule has 17 heavy (non-hydrogen) atoms. The molecule has 1 fully saturated rings. The van der Waals surface area contributed by atoms with E-state index < -0.39 is 9.84 Å². The summed E-state index contributed by atoms with van der Waals surface area (Å²) in [7, 11) is -3.21. The summed E-state index contributed by atoms with van der Waals surface area (Å²) in [5.74, 6) is 0.245. The Morgan fingerprint density at radius 2 is 1.94 bits per heavy atom. The van der Waals surface area contributed by atoms with Gasteiger partial charge in [0, 0.05) is 11.3 Å². The van der Waals surface area contributed by atoms with Gasteiger partial charge in [0.2, 0.25) is 0 Å². The van der Waals surface area contributed by atoms with Crippen molar-refractivity contribution in [3.05, 3.63) is 28.8 Å². The molecule has 1 aromatic carbocycles. The van der Waals surface area contributed by atoms with Gasteiger partial charge in [-0.2, -0.15) is 0 Å². The van der Waals surface area contributed by atoms with Crippen LogP contribution in [0.15, 0.2) is 23.1 Å². The maximum atomic E-state index is 11.8. The van der Waals surface area contributed by atoms with Crippen LogP contribution in [0.1, 0.15) is 24.3 Å². The lowest BCUT2D eigenvalue weighted by atomic mass is 9.90. The quantitative estimate of drug-likeness (QED) is 0.899. The van der Waals surface area contributed by atoms with Crippen molar-refractivity contribution in [1.29, 1.82) is 0 Å². The minimum atomic E-state index is -3.21. The Morgan fingerprint density at radius 3 is 2.53 bits per heavy atom. The van der Waals surface area contributed by atoms with E-state index >= 15 is 0 Å². The number of rotatable bonds is 2. The summed E-state index contributed by atoms with van der Waals surface area (Å²) in [6.45, 7) is 1.83. The molecule has 1 heterocycles. The third kappa shape index (κ3) is 2.81. The number of halogens is 1. The zero-order valence-electron chi connectivity index (χ0n) is 9.74. The van der Waals surface area contributed by atoms with Crippen LogP contribution in [0.2, 0.25) is 5.02 Å². The van der Waals surface area contributed by atoms with Crippen molar-refractivity contribution in [3.8, 4) is 0 Å². The topological polar surface area (TPSA) is 46.2 Å². The Hall–Kier alpha value is -0.580. The standard InChI is InChI=1S/C12H16ClNO2S/c1-17(15,16)11-4-2-3-10(13)12(11)9-5-7-14-8-6-9/h2-4,9,14H,5-8H2,1H3. The van der Waals surface area contributed by atoms with Crippen molar-refractivity contribution in [1.82, 2.24) is 5.32 Å². The summed E-state index contributed by atoms with van der Waals surface area (Å²) >= 11 is 6.18. The maximum Gasteiger partial charge on any atom is 0.175 e. The van der Waals surface area contributed by atoms with Gasteiger partial charge in [-0.1, -0.05) is 17.7 Å². The Kier molecular flexibility index (Phi) is 3.76. The van der Waals surface area contributed by atoms with E-state index in [1.807, 2.05) is 0 Å². The van der Waals surface area contributed by atoms with E-state index in [4.69, 9.17) is 11.6 Å². The van der Waals surface area contributed by atoms with Crippen molar-refractivity contribution in [2.45, 2.75) is 23.7 Å². The van der Waals surface area contributed by atoms with Gasteiger partial charge in [0.15, 0.2) is 9.84 Å². The minimum Gasteiger partial charge on any atom is -0.317 e. The number of sulfone groups is 1. The molecule has 1 N–H and O–H groups in total. The summed E-state index contributed by atoms with van der Waals surface area (Å²) in [6, 6.07) is 5.12. The molecule has 0 bridgehead atoms. The van der Waals surface area contributed by atoms with Gasteiger partial charge < -0.3 is 5.32 Å². The molecule has 1 aliphatic heterocycles. The molecule has 0 aliphatic carbocycles. The molecule has 3 nitrogen and oxygen atoms in total. The van der Waals surface area contributed by atoms with Crippen LogP contribution in [0, 0.1) is 0 Å². The molecule has 2 rings (SSSR count). The van der Waals surface area contributed by atoms with Crippen molar-refractivity contribution in [2.75, 3.05) is 19.3 Å². The van der Waals surface area contributed by atoms with Crippen LogP contribution in [-0.2, 0) is 9.84 Å². The van der Waals surface area contributed by atoms with Crippen LogP contribution < -0.4 is 5.32 Å². The molecule has 0 radical (unpaired) electrons. The molecular formula is C12H16ClNO2S. The normalized spacial score (nSPS) is 18.2. The van der Waals surface area contributed by atoms with Gasteiger partial charge in [0.05, 0.1) is 4.90 Å². The lowest BCUT2D eigenvalue weighted by Crippen LogP contribution is -2.27. The van der Waals surface area contributed by atoms with E-state index in [0.29, 0.717) is 9.92 Å². The number of nitrogens with one attached hydrogen (secondary N) is 1. The van der Waals surface area contributed by atoms with Crippen LogP contribution in [0.25, 0.3) is 0 Å². The molecular weight excluding hydrogens is 258 g/mol. The molecule has 0 amide bonds.